The topological polar surface area (TPSA) is 63.2 Å². The van der Waals surface area contributed by atoms with Crippen LogP contribution in [0.4, 0.5) is 15.6 Å². The highest BCUT2D eigenvalue weighted by Gasteiger charge is 2.08. The number of rotatable bonds is 4. The smallest absolute Gasteiger partial charge is 0.325 e. The summed E-state index contributed by atoms with van der Waals surface area (Å²) in [7, 11) is 0. The Morgan fingerprint density at radius 3 is 2.44 bits per heavy atom. The zero-order valence-electron chi connectivity index (χ0n) is 14.0. The Morgan fingerprint density at radius 1 is 0.926 bits per heavy atom. The molecule has 2 N–H and O–H groups in total. The van der Waals surface area contributed by atoms with Gasteiger partial charge in [0.1, 0.15) is 11.5 Å². The third-order valence-corrected chi connectivity index (χ3v) is 4.83. The molecule has 4 aromatic rings. The molecule has 0 saturated heterocycles. The number of para-hydroxylation sites is 1. The molecule has 0 radical (unpaired) electrons. The summed E-state index contributed by atoms with van der Waals surface area (Å²) in [4.78, 5) is 16.6. The summed E-state index contributed by atoms with van der Waals surface area (Å²) in [6, 6.07) is 21.7. The van der Waals surface area contributed by atoms with Crippen LogP contribution in [0.2, 0.25) is 5.02 Å². The van der Waals surface area contributed by atoms with E-state index >= 15 is 0 Å². The van der Waals surface area contributed by atoms with E-state index in [0.29, 0.717) is 21.6 Å². The summed E-state index contributed by atoms with van der Waals surface area (Å²) in [5.74, 6) is 1.45. The Morgan fingerprint density at radius 2 is 1.67 bits per heavy atom. The molecule has 1 heterocycles. The van der Waals surface area contributed by atoms with E-state index in [1.807, 2.05) is 42.5 Å². The van der Waals surface area contributed by atoms with Gasteiger partial charge in [-0.05, 0) is 54.6 Å². The summed E-state index contributed by atoms with van der Waals surface area (Å²) >= 11 is 7.34. The summed E-state index contributed by atoms with van der Waals surface area (Å²) < 4.78 is 6.65. The Kier molecular flexibility index (Phi) is 4.91. The highest BCUT2D eigenvalue weighted by atomic mass is 35.5. The second-order valence-corrected chi connectivity index (χ2v) is 7.12. The van der Waals surface area contributed by atoms with Crippen LogP contribution in [0.15, 0.2) is 72.8 Å². The second kappa shape index (κ2) is 7.65. The van der Waals surface area contributed by atoms with Crippen LogP contribution in [0, 0.1) is 0 Å². The van der Waals surface area contributed by atoms with Gasteiger partial charge in [0.15, 0.2) is 5.13 Å². The molecule has 0 bridgehead atoms. The van der Waals surface area contributed by atoms with Gasteiger partial charge in [0.2, 0.25) is 0 Å². The molecule has 0 spiro atoms. The number of anilines is 2. The van der Waals surface area contributed by atoms with Gasteiger partial charge in [-0.3, -0.25) is 5.32 Å². The summed E-state index contributed by atoms with van der Waals surface area (Å²) in [6.45, 7) is 0. The maximum Gasteiger partial charge on any atom is 0.325 e. The minimum atomic E-state index is -0.364. The molecule has 0 aliphatic rings. The molecule has 1 aromatic heterocycles. The minimum absolute atomic E-state index is 0.364. The number of hydrogen-bond acceptors (Lipinski definition) is 4. The van der Waals surface area contributed by atoms with Crippen LogP contribution in [-0.4, -0.2) is 11.0 Å². The van der Waals surface area contributed by atoms with E-state index in [9.17, 15) is 4.79 Å². The van der Waals surface area contributed by atoms with Gasteiger partial charge in [-0.2, -0.15) is 0 Å². The van der Waals surface area contributed by atoms with Crippen molar-refractivity contribution in [1.82, 2.24) is 4.98 Å². The van der Waals surface area contributed by atoms with Crippen LogP contribution in [0.25, 0.3) is 10.2 Å². The molecular formula is C20H14ClN3O2S. The quantitative estimate of drug-likeness (QED) is 0.421. The molecule has 4 rings (SSSR count). The average Bonchev–Trinajstić information content (AvgIpc) is 3.05. The maximum atomic E-state index is 12.2. The Balaban J connectivity index is 1.38. The lowest BCUT2D eigenvalue weighted by Crippen LogP contribution is -2.19. The van der Waals surface area contributed by atoms with Crippen molar-refractivity contribution in [2.24, 2.45) is 0 Å². The predicted octanol–water partition coefficient (Wildman–Crippen LogP) is 6.39. The number of carbonyl (C=O) groups excluding carboxylic acids is 1. The van der Waals surface area contributed by atoms with E-state index in [4.69, 9.17) is 16.3 Å². The number of thiazole rings is 1. The molecule has 2 amide bonds. The third kappa shape index (κ3) is 4.36. The van der Waals surface area contributed by atoms with Crippen molar-refractivity contribution in [3.05, 3.63) is 77.8 Å². The monoisotopic (exact) mass is 395 g/mol. The first-order valence-corrected chi connectivity index (χ1v) is 9.32. The van der Waals surface area contributed by atoms with E-state index in [-0.39, 0.29) is 6.03 Å². The molecule has 0 unspecified atom stereocenters. The Labute approximate surface area is 164 Å². The first kappa shape index (κ1) is 17.3. The van der Waals surface area contributed by atoms with Crippen molar-refractivity contribution in [3.8, 4) is 11.5 Å². The number of carbonyl (C=O) groups is 1. The molecule has 0 saturated carbocycles. The van der Waals surface area contributed by atoms with E-state index in [2.05, 4.69) is 15.6 Å². The number of urea groups is 1. The van der Waals surface area contributed by atoms with Gasteiger partial charge in [-0.1, -0.05) is 41.1 Å². The lowest BCUT2D eigenvalue weighted by Gasteiger charge is -2.08. The van der Waals surface area contributed by atoms with Crippen LogP contribution >= 0.6 is 22.9 Å². The highest BCUT2D eigenvalue weighted by molar-refractivity contribution is 7.22. The highest BCUT2D eigenvalue weighted by Crippen LogP contribution is 2.28. The fourth-order valence-electron chi connectivity index (χ4n) is 2.44. The van der Waals surface area contributed by atoms with Crippen LogP contribution in [0.1, 0.15) is 0 Å². The lowest BCUT2D eigenvalue weighted by atomic mass is 10.3. The lowest BCUT2D eigenvalue weighted by molar-refractivity contribution is 0.262. The van der Waals surface area contributed by atoms with Crippen LogP contribution in [0.3, 0.4) is 0 Å². The van der Waals surface area contributed by atoms with Crippen molar-refractivity contribution in [1.29, 1.82) is 0 Å². The number of aromatic nitrogens is 1. The van der Waals surface area contributed by atoms with E-state index < -0.39 is 0 Å². The van der Waals surface area contributed by atoms with Gasteiger partial charge in [0, 0.05) is 10.7 Å². The van der Waals surface area contributed by atoms with E-state index in [1.165, 1.54) is 11.3 Å². The number of amides is 2. The first-order valence-electron chi connectivity index (χ1n) is 8.13. The summed E-state index contributed by atoms with van der Waals surface area (Å²) in [6.07, 6.45) is 0. The van der Waals surface area contributed by atoms with Crippen LogP contribution in [0.5, 0.6) is 11.5 Å². The van der Waals surface area contributed by atoms with Gasteiger partial charge in [0.25, 0.3) is 0 Å². The fraction of sp³-hybridized carbons (Fsp3) is 0. The van der Waals surface area contributed by atoms with Crippen LogP contribution < -0.4 is 15.4 Å². The summed E-state index contributed by atoms with van der Waals surface area (Å²) in [5, 5.41) is 6.66. The molecule has 27 heavy (non-hydrogen) atoms. The molecule has 0 aliphatic heterocycles. The largest absolute Gasteiger partial charge is 0.457 e. The third-order valence-electron chi connectivity index (χ3n) is 3.66. The average molecular weight is 396 g/mol. The van der Waals surface area contributed by atoms with Gasteiger partial charge in [-0.25, -0.2) is 9.78 Å². The van der Waals surface area contributed by atoms with Crippen molar-refractivity contribution in [2.75, 3.05) is 10.6 Å². The van der Waals surface area contributed by atoms with Crippen molar-refractivity contribution in [3.63, 3.8) is 0 Å². The predicted molar refractivity (Wildman–Crippen MR) is 110 cm³/mol. The first-order chi connectivity index (χ1) is 13.2. The molecule has 0 fully saturated rings. The Bertz CT molecular complexity index is 1080. The van der Waals surface area contributed by atoms with E-state index in [0.717, 1.165) is 16.0 Å². The molecule has 5 nitrogen and oxygen atoms in total. The standard InChI is InChI=1S/C20H14ClN3O2S/c21-13-6-11-17-18(12-13)27-20(23-17)24-19(25)22-14-7-9-16(10-8-14)26-15-4-2-1-3-5-15/h1-12H,(H2,22,23,24,25). The number of nitrogens with one attached hydrogen (secondary N) is 2. The zero-order chi connectivity index (χ0) is 18.6. The molecule has 0 atom stereocenters. The number of fused-ring (bicyclic) bond motifs is 1. The Hall–Kier alpha value is -3.09. The van der Waals surface area contributed by atoms with Gasteiger partial charge in [0.05, 0.1) is 10.2 Å². The fourth-order valence-corrected chi connectivity index (χ4v) is 3.58. The zero-order valence-corrected chi connectivity index (χ0v) is 15.6. The molecular weight excluding hydrogens is 382 g/mol. The molecule has 134 valence electrons. The van der Waals surface area contributed by atoms with Gasteiger partial charge in [-0.15, -0.1) is 0 Å². The number of nitrogens with zero attached hydrogens (tertiary/aromatic N) is 1. The maximum absolute atomic E-state index is 12.2. The van der Waals surface area contributed by atoms with Crippen molar-refractivity contribution < 1.29 is 9.53 Å². The minimum Gasteiger partial charge on any atom is -0.457 e. The number of hydrogen-bond donors (Lipinski definition) is 2. The van der Waals surface area contributed by atoms with Crippen molar-refractivity contribution in [2.45, 2.75) is 0 Å². The number of halogens is 1. The van der Waals surface area contributed by atoms with Crippen LogP contribution in [-0.2, 0) is 0 Å². The second-order valence-electron chi connectivity index (χ2n) is 5.65. The normalized spacial score (nSPS) is 10.6. The molecule has 7 heteroatoms. The SMILES string of the molecule is O=C(Nc1ccc(Oc2ccccc2)cc1)Nc1nc2ccc(Cl)cc2s1. The van der Waals surface area contributed by atoms with E-state index in [1.54, 1.807) is 30.3 Å². The molecule has 3 aromatic carbocycles. The number of ether oxygens (including phenoxy) is 1. The molecule has 0 aliphatic carbocycles. The summed E-state index contributed by atoms with van der Waals surface area (Å²) in [5.41, 5.74) is 1.44. The van der Waals surface area contributed by atoms with Crippen molar-refractivity contribution >= 4 is 50.0 Å². The van der Waals surface area contributed by atoms with Gasteiger partial charge < -0.3 is 10.1 Å². The number of benzene rings is 3. The van der Waals surface area contributed by atoms with Gasteiger partial charge >= 0.3 is 6.03 Å².